The third-order valence-electron chi connectivity index (χ3n) is 3.66. The van der Waals surface area contributed by atoms with Crippen molar-refractivity contribution in [2.45, 2.75) is 11.8 Å². The highest BCUT2D eigenvalue weighted by molar-refractivity contribution is 7.92. The third-order valence-corrected chi connectivity index (χ3v) is 5.83. The molecule has 2 aromatic carbocycles. The van der Waals surface area contributed by atoms with Gasteiger partial charge in [0.15, 0.2) is 11.6 Å². The van der Waals surface area contributed by atoms with Crippen LogP contribution in [0, 0.1) is 12.7 Å². The number of anilines is 1. The first-order chi connectivity index (χ1) is 12.2. The number of carbonyl (C=O) groups is 1. The van der Waals surface area contributed by atoms with E-state index in [-0.39, 0.29) is 16.3 Å². The number of methoxy groups -OCH3 is 2. The molecular formula is C17H17ClFNO5S. The van der Waals surface area contributed by atoms with E-state index in [4.69, 9.17) is 16.3 Å². The van der Waals surface area contributed by atoms with E-state index in [0.717, 1.165) is 23.0 Å². The first-order valence-electron chi connectivity index (χ1n) is 7.40. The van der Waals surface area contributed by atoms with Gasteiger partial charge in [0.1, 0.15) is 6.54 Å². The average molecular weight is 402 g/mol. The molecule has 0 aliphatic carbocycles. The SMILES string of the molecule is COC(=O)CN(c1ccc(C)c(Cl)c1)S(=O)(=O)c1ccc(OC)c(F)c1. The number of aryl methyl sites for hydroxylation is 1. The lowest BCUT2D eigenvalue weighted by Crippen LogP contribution is -2.36. The number of halogens is 2. The lowest BCUT2D eigenvalue weighted by atomic mass is 10.2. The van der Waals surface area contributed by atoms with Crippen molar-refractivity contribution in [3.05, 3.63) is 52.8 Å². The fourth-order valence-electron chi connectivity index (χ4n) is 2.17. The number of ether oxygens (including phenoxy) is 2. The second-order valence-electron chi connectivity index (χ2n) is 5.32. The zero-order chi connectivity index (χ0) is 19.5. The Kier molecular flexibility index (Phi) is 6.09. The van der Waals surface area contributed by atoms with Crippen molar-refractivity contribution in [3.8, 4) is 5.75 Å². The molecule has 0 spiro atoms. The predicted octanol–water partition coefficient (Wildman–Crippen LogP) is 3.16. The Labute approximate surface area is 156 Å². The van der Waals surface area contributed by atoms with Gasteiger partial charge in [-0.25, -0.2) is 12.8 Å². The standard InChI is InChI=1S/C17H17ClFNO5S/c1-11-4-5-12(8-14(11)18)20(10-17(21)25-3)26(22,23)13-6-7-16(24-2)15(19)9-13/h4-9H,10H2,1-3H3. The fraction of sp³-hybridized carbons (Fsp3) is 0.235. The van der Waals surface area contributed by atoms with Gasteiger partial charge in [0.2, 0.25) is 0 Å². The predicted molar refractivity (Wildman–Crippen MR) is 95.7 cm³/mol. The van der Waals surface area contributed by atoms with Gasteiger partial charge in [-0.15, -0.1) is 0 Å². The molecule has 2 aromatic rings. The second kappa shape index (κ2) is 7.92. The minimum Gasteiger partial charge on any atom is -0.494 e. The van der Waals surface area contributed by atoms with Crippen LogP contribution in [0.2, 0.25) is 5.02 Å². The molecule has 6 nitrogen and oxygen atoms in total. The normalized spacial score (nSPS) is 11.1. The molecule has 0 fully saturated rings. The van der Waals surface area contributed by atoms with Gasteiger partial charge in [-0.05, 0) is 42.8 Å². The molecule has 140 valence electrons. The summed E-state index contributed by atoms with van der Waals surface area (Å²) in [5.41, 5.74) is 0.892. The Morgan fingerprint density at radius 1 is 1.19 bits per heavy atom. The minimum atomic E-state index is -4.26. The number of hydrogen-bond acceptors (Lipinski definition) is 5. The van der Waals surface area contributed by atoms with Crippen LogP contribution in [0.3, 0.4) is 0 Å². The van der Waals surface area contributed by atoms with Crippen molar-refractivity contribution < 1.29 is 27.1 Å². The van der Waals surface area contributed by atoms with Gasteiger partial charge in [-0.1, -0.05) is 17.7 Å². The van der Waals surface area contributed by atoms with Crippen molar-refractivity contribution >= 4 is 33.3 Å². The van der Waals surface area contributed by atoms with Crippen molar-refractivity contribution in [1.29, 1.82) is 0 Å². The maximum Gasteiger partial charge on any atom is 0.326 e. The Morgan fingerprint density at radius 2 is 1.88 bits per heavy atom. The summed E-state index contributed by atoms with van der Waals surface area (Å²) < 4.78 is 50.2. The topological polar surface area (TPSA) is 72.9 Å². The molecule has 0 amide bonds. The van der Waals surface area contributed by atoms with Crippen LogP contribution >= 0.6 is 11.6 Å². The summed E-state index contributed by atoms with van der Waals surface area (Å²) in [5, 5.41) is 0.327. The highest BCUT2D eigenvalue weighted by Crippen LogP contribution is 2.29. The third kappa shape index (κ3) is 4.08. The first-order valence-corrected chi connectivity index (χ1v) is 9.21. The van der Waals surface area contributed by atoms with Crippen molar-refractivity contribution in [3.63, 3.8) is 0 Å². The largest absolute Gasteiger partial charge is 0.494 e. The summed E-state index contributed by atoms with van der Waals surface area (Å²) >= 11 is 6.08. The summed E-state index contributed by atoms with van der Waals surface area (Å²) in [6, 6.07) is 7.75. The molecule has 0 aliphatic rings. The van der Waals surface area contributed by atoms with E-state index < -0.39 is 28.4 Å². The van der Waals surface area contributed by atoms with Crippen LogP contribution in [-0.4, -0.2) is 35.2 Å². The van der Waals surface area contributed by atoms with E-state index >= 15 is 0 Å². The summed E-state index contributed by atoms with van der Waals surface area (Å²) in [4.78, 5) is 11.4. The number of rotatable bonds is 6. The van der Waals surface area contributed by atoms with E-state index in [1.165, 1.54) is 31.4 Å². The number of nitrogens with zero attached hydrogens (tertiary/aromatic N) is 1. The Balaban J connectivity index is 2.57. The summed E-state index contributed by atoms with van der Waals surface area (Å²) in [6.07, 6.45) is 0. The van der Waals surface area contributed by atoms with E-state index in [1.807, 2.05) is 0 Å². The number of sulfonamides is 1. The monoisotopic (exact) mass is 401 g/mol. The van der Waals surface area contributed by atoms with Gasteiger partial charge in [0.05, 0.1) is 24.8 Å². The van der Waals surface area contributed by atoms with Gasteiger partial charge in [0, 0.05) is 5.02 Å². The average Bonchev–Trinajstić information content (AvgIpc) is 2.61. The number of benzene rings is 2. The first kappa shape index (κ1) is 20.0. The quantitative estimate of drug-likeness (QED) is 0.695. The van der Waals surface area contributed by atoms with Crippen molar-refractivity contribution in [2.75, 3.05) is 25.1 Å². The summed E-state index contributed by atoms with van der Waals surface area (Å²) in [5.74, 6) is -1.71. The highest BCUT2D eigenvalue weighted by Gasteiger charge is 2.28. The van der Waals surface area contributed by atoms with Crippen LogP contribution < -0.4 is 9.04 Å². The molecule has 0 heterocycles. The van der Waals surface area contributed by atoms with E-state index in [0.29, 0.717) is 5.02 Å². The van der Waals surface area contributed by atoms with Crippen LogP contribution in [0.1, 0.15) is 5.56 Å². The zero-order valence-electron chi connectivity index (χ0n) is 14.3. The van der Waals surface area contributed by atoms with Crippen LogP contribution in [-0.2, 0) is 19.6 Å². The van der Waals surface area contributed by atoms with E-state index in [9.17, 15) is 17.6 Å². The number of carbonyl (C=O) groups excluding carboxylic acids is 1. The van der Waals surface area contributed by atoms with E-state index in [2.05, 4.69) is 4.74 Å². The molecule has 0 aliphatic heterocycles. The molecule has 0 unspecified atom stereocenters. The maximum absolute atomic E-state index is 14.0. The summed E-state index contributed by atoms with van der Waals surface area (Å²) in [7, 11) is -1.85. The molecular weight excluding hydrogens is 385 g/mol. The van der Waals surface area contributed by atoms with Gasteiger partial charge in [-0.2, -0.15) is 0 Å². The lowest BCUT2D eigenvalue weighted by Gasteiger charge is -2.24. The molecule has 26 heavy (non-hydrogen) atoms. The molecule has 0 atom stereocenters. The fourth-order valence-corrected chi connectivity index (χ4v) is 3.76. The zero-order valence-corrected chi connectivity index (χ0v) is 15.9. The van der Waals surface area contributed by atoms with Crippen LogP contribution in [0.15, 0.2) is 41.3 Å². The van der Waals surface area contributed by atoms with Gasteiger partial charge < -0.3 is 9.47 Å². The van der Waals surface area contributed by atoms with Crippen LogP contribution in [0.5, 0.6) is 5.75 Å². The molecule has 0 bridgehead atoms. The van der Waals surface area contributed by atoms with Gasteiger partial charge in [-0.3, -0.25) is 9.10 Å². The van der Waals surface area contributed by atoms with E-state index in [1.54, 1.807) is 13.0 Å². The smallest absolute Gasteiger partial charge is 0.326 e. The molecule has 0 radical (unpaired) electrons. The van der Waals surface area contributed by atoms with Crippen molar-refractivity contribution in [1.82, 2.24) is 0 Å². The van der Waals surface area contributed by atoms with Gasteiger partial charge in [0.25, 0.3) is 10.0 Å². The Bertz CT molecular complexity index is 933. The minimum absolute atomic E-state index is 0.0955. The lowest BCUT2D eigenvalue weighted by molar-refractivity contribution is -0.138. The second-order valence-corrected chi connectivity index (χ2v) is 7.59. The molecule has 0 saturated carbocycles. The summed E-state index contributed by atoms with van der Waals surface area (Å²) in [6.45, 7) is 1.16. The maximum atomic E-state index is 14.0. The Hall–Kier alpha value is -2.32. The van der Waals surface area contributed by atoms with Crippen molar-refractivity contribution in [2.24, 2.45) is 0 Å². The molecule has 0 N–H and O–H groups in total. The molecule has 2 rings (SSSR count). The van der Waals surface area contributed by atoms with Gasteiger partial charge >= 0.3 is 5.97 Å². The van der Waals surface area contributed by atoms with Crippen LogP contribution in [0.25, 0.3) is 0 Å². The van der Waals surface area contributed by atoms with Crippen LogP contribution in [0.4, 0.5) is 10.1 Å². The molecule has 0 saturated heterocycles. The number of hydrogen-bond donors (Lipinski definition) is 0. The Morgan fingerprint density at radius 3 is 2.42 bits per heavy atom. The molecule has 9 heteroatoms. The molecule has 0 aromatic heterocycles. The number of esters is 1. The highest BCUT2D eigenvalue weighted by atomic mass is 35.5.